The van der Waals surface area contributed by atoms with Gasteiger partial charge >= 0.3 is 0 Å². The summed E-state index contributed by atoms with van der Waals surface area (Å²) < 4.78 is 11.0. The Hall–Kier alpha value is -1.44. The summed E-state index contributed by atoms with van der Waals surface area (Å²) in [5, 5.41) is 0. The molecule has 0 amide bonds. The molecule has 2 heteroatoms. The molecule has 2 nitrogen and oxygen atoms in total. The van der Waals surface area contributed by atoms with Crippen molar-refractivity contribution in [1.82, 2.24) is 0 Å². The average Bonchev–Trinajstić information content (AvgIpc) is 2.45. The summed E-state index contributed by atoms with van der Waals surface area (Å²) in [4.78, 5) is 0. The van der Waals surface area contributed by atoms with Crippen LogP contribution >= 0.6 is 0 Å². The zero-order valence-electron chi connectivity index (χ0n) is 13.3. The molecule has 0 saturated heterocycles. The van der Waals surface area contributed by atoms with Crippen LogP contribution in [0.5, 0.6) is 11.5 Å². The molecule has 0 N–H and O–H groups in total. The monoisotopic (exact) mass is 274 g/mol. The van der Waals surface area contributed by atoms with Crippen molar-refractivity contribution in [3.63, 3.8) is 0 Å². The van der Waals surface area contributed by atoms with Crippen molar-refractivity contribution in [2.75, 3.05) is 14.2 Å². The highest BCUT2D eigenvalue weighted by molar-refractivity contribution is 5.76. The highest BCUT2D eigenvalue weighted by Gasteiger charge is 2.27. The molecule has 1 aliphatic carbocycles. The quantitative estimate of drug-likeness (QED) is 0.777. The number of rotatable bonds is 3. The fourth-order valence-electron chi connectivity index (χ4n) is 3.02. The van der Waals surface area contributed by atoms with Crippen molar-refractivity contribution in [2.45, 2.75) is 40.0 Å². The fraction of sp³-hybridized carbons (Fsp3) is 0.556. The third kappa shape index (κ3) is 3.00. The lowest BCUT2D eigenvalue weighted by atomic mass is 9.72. The number of allylic oxidation sites excluding steroid dienone is 2. The Balaban J connectivity index is 2.32. The Bertz CT molecular complexity index is 472. The second kappa shape index (κ2) is 5.90. The first kappa shape index (κ1) is 15.0. The molecule has 1 atom stereocenters. The molecule has 0 aromatic heterocycles. The molecule has 0 aliphatic heterocycles. The summed E-state index contributed by atoms with van der Waals surface area (Å²) >= 11 is 0. The molecular weight excluding hydrogens is 248 g/mol. The van der Waals surface area contributed by atoms with Crippen LogP contribution in [0.25, 0.3) is 5.57 Å². The minimum atomic E-state index is 0.382. The molecule has 0 fully saturated rings. The SMILES string of the molecule is COc1cccc(OC)c1C1=CCC(C(C)(C)C)CC1. The Morgan fingerprint density at radius 2 is 1.65 bits per heavy atom. The number of methoxy groups -OCH3 is 2. The van der Waals surface area contributed by atoms with E-state index in [1.54, 1.807) is 14.2 Å². The number of ether oxygens (including phenoxy) is 2. The molecule has 1 aliphatic rings. The van der Waals surface area contributed by atoms with E-state index in [1.165, 1.54) is 12.0 Å². The number of hydrogen-bond acceptors (Lipinski definition) is 2. The first-order valence-electron chi connectivity index (χ1n) is 7.37. The van der Waals surface area contributed by atoms with Crippen LogP contribution < -0.4 is 9.47 Å². The van der Waals surface area contributed by atoms with Crippen LogP contribution in [0.1, 0.15) is 45.6 Å². The molecule has 2 rings (SSSR count). The Morgan fingerprint density at radius 3 is 2.05 bits per heavy atom. The van der Waals surface area contributed by atoms with Crippen LogP contribution in [0.15, 0.2) is 24.3 Å². The first-order valence-corrected chi connectivity index (χ1v) is 7.37. The lowest BCUT2D eigenvalue weighted by Gasteiger charge is -2.33. The van der Waals surface area contributed by atoms with Crippen LogP contribution in [0.4, 0.5) is 0 Å². The molecular formula is C18H26O2. The number of benzene rings is 1. The summed E-state index contributed by atoms with van der Waals surface area (Å²) in [5.74, 6) is 2.57. The van der Waals surface area contributed by atoms with Crippen molar-refractivity contribution >= 4 is 5.57 Å². The van der Waals surface area contributed by atoms with Crippen molar-refractivity contribution in [3.8, 4) is 11.5 Å². The standard InChI is InChI=1S/C18H26O2/c1-18(2,3)14-11-9-13(10-12-14)17-15(19-4)7-6-8-16(17)20-5/h6-9,14H,10-12H2,1-5H3. The molecule has 1 aromatic carbocycles. The van der Waals surface area contributed by atoms with E-state index >= 15 is 0 Å². The van der Waals surface area contributed by atoms with Gasteiger partial charge in [-0.1, -0.05) is 32.9 Å². The second-order valence-electron chi connectivity index (χ2n) is 6.60. The van der Waals surface area contributed by atoms with E-state index in [1.807, 2.05) is 18.2 Å². The zero-order chi connectivity index (χ0) is 14.8. The van der Waals surface area contributed by atoms with E-state index in [-0.39, 0.29) is 0 Å². The van der Waals surface area contributed by atoms with E-state index in [4.69, 9.17) is 9.47 Å². The van der Waals surface area contributed by atoms with E-state index < -0.39 is 0 Å². The third-order valence-corrected chi connectivity index (χ3v) is 4.38. The predicted octanol–water partition coefficient (Wildman–Crippen LogP) is 4.93. The Kier molecular flexibility index (Phi) is 4.42. The first-order chi connectivity index (χ1) is 9.47. The summed E-state index contributed by atoms with van der Waals surface area (Å²) in [5.41, 5.74) is 2.87. The van der Waals surface area contributed by atoms with Crippen molar-refractivity contribution in [3.05, 3.63) is 29.8 Å². The molecule has 1 aromatic rings. The fourth-order valence-corrected chi connectivity index (χ4v) is 3.02. The maximum Gasteiger partial charge on any atom is 0.130 e. The van der Waals surface area contributed by atoms with Crippen LogP contribution in [-0.2, 0) is 0 Å². The average molecular weight is 274 g/mol. The zero-order valence-corrected chi connectivity index (χ0v) is 13.3. The lowest BCUT2D eigenvalue weighted by molar-refractivity contribution is 0.225. The largest absolute Gasteiger partial charge is 0.496 e. The lowest BCUT2D eigenvalue weighted by Crippen LogP contribution is -2.22. The van der Waals surface area contributed by atoms with E-state index in [0.29, 0.717) is 5.41 Å². The van der Waals surface area contributed by atoms with Gasteiger partial charge in [0.05, 0.1) is 19.8 Å². The molecule has 0 radical (unpaired) electrons. The molecule has 20 heavy (non-hydrogen) atoms. The minimum absolute atomic E-state index is 0.382. The van der Waals surface area contributed by atoms with Crippen LogP contribution in [-0.4, -0.2) is 14.2 Å². The molecule has 0 bridgehead atoms. The van der Waals surface area contributed by atoms with Crippen molar-refractivity contribution in [1.29, 1.82) is 0 Å². The smallest absolute Gasteiger partial charge is 0.130 e. The molecule has 0 heterocycles. The highest BCUT2D eigenvalue weighted by atomic mass is 16.5. The summed E-state index contributed by atoms with van der Waals surface area (Å²) in [7, 11) is 3.44. The Labute approximate surface area is 122 Å². The van der Waals surface area contributed by atoms with E-state index in [9.17, 15) is 0 Å². The maximum atomic E-state index is 5.51. The van der Waals surface area contributed by atoms with Gasteiger partial charge < -0.3 is 9.47 Å². The van der Waals surface area contributed by atoms with E-state index in [0.717, 1.165) is 35.8 Å². The van der Waals surface area contributed by atoms with Gasteiger partial charge in [0.15, 0.2) is 0 Å². The molecule has 1 unspecified atom stereocenters. The maximum absolute atomic E-state index is 5.51. The van der Waals surface area contributed by atoms with Crippen LogP contribution in [0, 0.1) is 11.3 Å². The van der Waals surface area contributed by atoms with Crippen LogP contribution in [0.2, 0.25) is 0 Å². The van der Waals surface area contributed by atoms with Crippen molar-refractivity contribution < 1.29 is 9.47 Å². The van der Waals surface area contributed by atoms with Gasteiger partial charge in [-0.15, -0.1) is 0 Å². The second-order valence-corrected chi connectivity index (χ2v) is 6.60. The van der Waals surface area contributed by atoms with Gasteiger partial charge in [-0.2, -0.15) is 0 Å². The molecule has 0 saturated carbocycles. The minimum Gasteiger partial charge on any atom is -0.496 e. The van der Waals surface area contributed by atoms with Crippen LogP contribution in [0.3, 0.4) is 0 Å². The van der Waals surface area contributed by atoms with Gasteiger partial charge in [0.1, 0.15) is 11.5 Å². The third-order valence-electron chi connectivity index (χ3n) is 4.38. The highest BCUT2D eigenvalue weighted by Crippen LogP contribution is 2.44. The number of hydrogen-bond donors (Lipinski definition) is 0. The molecule has 110 valence electrons. The normalized spacial score (nSPS) is 19.4. The Morgan fingerprint density at radius 1 is 1.05 bits per heavy atom. The predicted molar refractivity (Wildman–Crippen MR) is 84.3 cm³/mol. The van der Waals surface area contributed by atoms with Crippen molar-refractivity contribution in [2.24, 2.45) is 11.3 Å². The summed E-state index contributed by atoms with van der Waals surface area (Å²) in [6.07, 6.45) is 5.84. The molecule has 0 spiro atoms. The summed E-state index contributed by atoms with van der Waals surface area (Å²) in [6.45, 7) is 7.00. The van der Waals surface area contributed by atoms with E-state index in [2.05, 4.69) is 26.8 Å². The van der Waals surface area contributed by atoms with Gasteiger partial charge in [0.25, 0.3) is 0 Å². The van der Waals surface area contributed by atoms with Gasteiger partial charge in [0.2, 0.25) is 0 Å². The summed E-state index contributed by atoms with van der Waals surface area (Å²) in [6, 6.07) is 5.99. The van der Waals surface area contributed by atoms with Gasteiger partial charge in [-0.05, 0) is 48.3 Å². The van der Waals surface area contributed by atoms with Gasteiger partial charge in [-0.25, -0.2) is 0 Å². The topological polar surface area (TPSA) is 18.5 Å². The van der Waals surface area contributed by atoms with Gasteiger partial charge in [-0.3, -0.25) is 0 Å². The van der Waals surface area contributed by atoms with Gasteiger partial charge in [0, 0.05) is 0 Å².